The summed E-state index contributed by atoms with van der Waals surface area (Å²) in [5.74, 6) is -0.477. The van der Waals surface area contributed by atoms with Crippen LogP contribution in [0.5, 0.6) is 0 Å². The van der Waals surface area contributed by atoms with Crippen LogP contribution in [-0.4, -0.2) is 71.2 Å². The standard InChI is InChI=1S/C26H33FN2O4S.2ClH/c1-17(30)34-23-12-15-29(16-19(23)11-14-28-13-5-8-22(28)26(32)33-2)24(25(31)18-9-10-18)20-6-3-4-7-21(20)27;;/h3-4,6-7,11,18,22-24H,5,8-10,12-16H2,1-2H3;2*1H/t22-,23?,24?;;/m0../s1. The first-order valence-corrected chi connectivity index (χ1v) is 13.0. The highest BCUT2D eigenvalue weighted by atomic mass is 35.5. The number of ether oxygens (including phenoxy) is 1. The fourth-order valence-electron chi connectivity index (χ4n) is 5.14. The van der Waals surface area contributed by atoms with Crippen molar-refractivity contribution in [2.75, 3.05) is 33.3 Å². The highest BCUT2D eigenvalue weighted by Gasteiger charge is 2.41. The predicted octanol–water partition coefficient (Wildman–Crippen LogP) is 4.61. The molecule has 0 amide bonds. The number of hydrogen-bond donors (Lipinski definition) is 0. The summed E-state index contributed by atoms with van der Waals surface area (Å²) in [4.78, 5) is 41.6. The van der Waals surface area contributed by atoms with Crippen LogP contribution >= 0.6 is 36.6 Å². The molecule has 200 valence electrons. The molecule has 10 heteroatoms. The Morgan fingerprint density at radius 3 is 2.50 bits per heavy atom. The molecular weight excluding hydrogens is 526 g/mol. The van der Waals surface area contributed by atoms with Crippen molar-refractivity contribution in [2.24, 2.45) is 5.92 Å². The number of carbonyl (C=O) groups is 3. The first-order valence-electron chi connectivity index (χ1n) is 12.1. The van der Waals surface area contributed by atoms with Crippen molar-refractivity contribution in [3.05, 3.63) is 47.3 Å². The van der Waals surface area contributed by atoms with Gasteiger partial charge in [0.15, 0.2) is 10.9 Å². The van der Waals surface area contributed by atoms with Gasteiger partial charge in [0.2, 0.25) is 0 Å². The van der Waals surface area contributed by atoms with Crippen molar-refractivity contribution in [3.63, 3.8) is 0 Å². The van der Waals surface area contributed by atoms with E-state index in [4.69, 9.17) is 4.74 Å². The fraction of sp³-hybridized carbons (Fsp3) is 0.577. The van der Waals surface area contributed by atoms with E-state index in [2.05, 4.69) is 15.9 Å². The van der Waals surface area contributed by atoms with Crippen LogP contribution in [0.2, 0.25) is 0 Å². The number of carbonyl (C=O) groups excluding carboxylic acids is 3. The second kappa shape index (κ2) is 13.9. The summed E-state index contributed by atoms with van der Waals surface area (Å²) in [5, 5.41) is 0.0721. The highest BCUT2D eigenvalue weighted by Crippen LogP contribution is 2.40. The maximum Gasteiger partial charge on any atom is 0.323 e. The summed E-state index contributed by atoms with van der Waals surface area (Å²) < 4.78 is 19.8. The van der Waals surface area contributed by atoms with Crippen LogP contribution in [-0.2, 0) is 19.1 Å². The van der Waals surface area contributed by atoms with Gasteiger partial charge in [0.25, 0.3) is 0 Å². The quantitative estimate of drug-likeness (QED) is 0.339. The molecule has 1 aromatic carbocycles. The van der Waals surface area contributed by atoms with Crippen LogP contribution in [0.3, 0.4) is 0 Å². The molecule has 3 atom stereocenters. The summed E-state index contributed by atoms with van der Waals surface area (Å²) in [6.07, 6.45) is 6.26. The molecule has 4 rings (SSSR count). The molecule has 2 heterocycles. The minimum absolute atomic E-state index is 0. The van der Waals surface area contributed by atoms with Gasteiger partial charge in [-0.25, -0.2) is 4.39 Å². The van der Waals surface area contributed by atoms with Crippen molar-refractivity contribution in [2.45, 2.75) is 56.4 Å². The average Bonchev–Trinajstić information content (AvgIpc) is 3.57. The number of thioether (sulfide) groups is 1. The van der Waals surface area contributed by atoms with Gasteiger partial charge in [-0.2, -0.15) is 0 Å². The SMILES string of the molecule is COC(=O)[C@@H]1CCCN1CC=C1CN(C(C(=O)C2CC2)c2ccccc2F)CCC1SC(C)=O.Cl.Cl. The second-order valence-corrected chi connectivity index (χ2v) is 10.8. The largest absolute Gasteiger partial charge is 0.468 e. The maximum atomic E-state index is 14.8. The van der Waals surface area contributed by atoms with Gasteiger partial charge in [-0.05, 0) is 50.3 Å². The van der Waals surface area contributed by atoms with E-state index in [0.29, 0.717) is 31.6 Å². The van der Waals surface area contributed by atoms with Crippen LogP contribution in [0, 0.1) is 11.7 Å². The minimum Gasteiger partial charge on any atom is -0.468 e. The van der Waals surface area contributed by atoms with Gasteiger partial charge in [-0.3, -0.25) is 24.2 Å². The number of halogens is 3. The summed E-state index contributed by atoms with van der Waals surface area (Å²) in [5.41, 5.74) is 1.49. The molecule has 3 fully saturated rings. The number of methoxy groups -OCH3 is 1. The average molecular weight is 562 g/mol. The third-order valence-corrected chi connectivity index (χ3v) is 8.18. The van der Waals surface area contributed by atoms with E-state index < -0.39 is 6.04 Å². The zero-order valence-electron chi connectivity index (χ0n) is 20.7. The van der Waals surface area contributed by atoms with E-state index in [-0.39, 0.29) is 64.7 Å². The number of benzene rings is 1. The molecule has 2 aliphatic heterocycles. The van der Waals surface area contributed by atoms with Crippen molar-refractivity contribution >= 4 is 53.4 Å². The van der Waals surface area contributed by atoms with Gasteiger partial charge < -0.3 is 4.74 Å². The maximum absolute atomic E-state index is 14.8. The van der Waals surface area contributed by atoms with Crippen molar-refractivity contribution < 1.29 is 23.5 Å². The Kier molecular flexibility index (Phi) is 11.9. The molecule has 36 heavy (non-hydrogen) atoms. The van der Waals surface area contributed by atoms with Gasteiger partial charge in [-0.15, -0.1) is 24.8 Å². The van der Waals surface area contributed by atoms with Gasteiger partial charge in [0.05, 0.1) is 13.2 Å². The Bertz CT molecular complexity index is 975. The zero-order valence-corrected chi connectivity index (χ0v) is 23.1. The number of likely N-dealkylation sites (tertiary alicyclic amines) is 2. The first kappa shape index (κ1) is 30.8. The lowest BCUT2D eigenvalue weighted by Gasteiger charge is -2.39. The number of hydrogen-bond acceptors (Lipinski definition) is 7. The number of Topliss-reactive ketones (excluding diaryl/α,β-unsaturated/α-hetero) is 1. The Morgan fingerprint density at radius 1 is 1.14 bits per heavy atom. The number of esters is 1. The Hall–Kier alpha value is -1.45. The van der Waals surface area contributed by atoms with Crippen molar-refractivity contribution in [1.29, 1.82) is 0 Å². The van der Waals surface area contributed by atoms with E-state index >= 15 is 0 Å². The molecule has 0 radical (unpaired) electrons. The van der Waals surface area contributed by atoms with E-state index in [1.165, 1.54) is 24.9 Å². The molecule has 1 aromatic rings. The first-order chi connectivity index (χ1) is 16.4. The molecule has 6 nitrogen and oxygen atoms in total. The zero-order chi connectivity index (χ0) is 24.2. The lowest BCUT2D eigenvalue weighted by molar-refractivity contribution is -0.145. The van der Waals surface area contributed by atoms with E-state index in [1.54, 1.807) is 25.1 Å². The minimum atomic E-state index is -0.616. The summed E-state index contributed by atoms with van der Waals surface area (Å²) in [6.45, 7) is 4.09. The summed E-state index contributed by atoms with van der Waals surface area (Å²) in [6, 6.07) is 5.69. The lowest BCUT2D eigenvalue weighted by Crippen LogP contribution is -2.43. The van der Waals surface area contributed by atoms with Crippen LogP contribution in [0.1, 0.15) is 50.6 Å². The number of piperidine rings is 1. The van der Waals surface area contributed by atoms with Gasteiger partial charge in [0, 0.05) is 43.3 Å². The van der Waals surface area contributed by atoms with E-state index in [1.807, 2.05) is 0 Å². The number of nitrogens with zero attached hydrogens (tertiary/aromatic N) is 2. The van der Waals surface area contributed by atoms with Crippen LogP contribution in [0.4, 0.5) is 4.39 Å². The molecule has 1 saturated carbocycles. The third kappa shape index (κ3) is 7.32. The molecule has 0 bridgehead atoms. The Labute approximate surface area is 229 Å². The van der Waals surface area contributed by atoms with Crippen molar-refractivity contribution in [1.82, 2.24) is 9.80 Å². The van der Waals surface area contributed by atoms with Crippen molar-refractivity contribution in [3.8, 4) is 0 Å². The highest BCUT2D eigenvalue weighted by molar-refractivity contribution is 8.14. The van der Waals surface area contributed by atoms with E-state index in [0.717, 1.165) is 37.8 Å². The Balaban J connectivity index is 0.00000228. The van der Waals surface area contributed by atoms with Gasteiger partial charge in [0.1, 0.15) is 11.9 Å². The summed E-state index contributed by atoms with van der Waals surface area (Å²) in [7, 11) is 1.41. The predicted molar refractivity (Wildman–Crippen MR) is 144 cm³/mol. The molecule has 0 N–H and O–H groups in total. The molecule has 2 unspecified atom stereocenters. The van der Waals surface area contributed by atoms with E-state index in [9.17, 15) is 18.8 Å². The Morgan fingerprint density at radius 2 is 1.86 bits per heavy atom. The lowest BCUT2D eigenvalue weighted by atomic mass is 9.93. The third-order valence-electron chi connectivity index (χ3n) is 7.03. The summed E-state index contributed by atoms with van der Waals surface area (Å²) >= 11 is 1.31. The van der Waals surface area contributed by atoms with Crippen LogP contribution < -0.4 is 0 Å². The van der Waals surface area contributed by atoms with Crippen LogP contribution in [0.15, 0.2) is 35.9 Å². The molecule has 0 aromatic heterocycles. The van der Waals surface area contributed by atoms with Gasteiger partial charge >= 0.3 is 5.97 Å². The molecule has 3 aliphatic rings. The molecule has 2 saturated heterocycles. The fourth-order valence-corrected chi connectivity index (χ4v) is 6.08. The van der Waals surface area contributed by atoms with Gasteiger partial charge in [-0.1, -0.05) is 36.0 Å². The number of ketones is 1. The smallest absolute Gasteiger partial charge is 0.323 e. The normalized spacial score (nSPS) is 24.5. The molecule has 0 spiro atoms. The second-order valence-electron chi connectivity index (χ2n) is 9.41. The molecule has 1 aliphatic carbocycles. The topological polar surface area (TPSA) is 66.9 Å². The molecular formula is C26H35Cl2FN2O4S. The number of rotatable bonds is 8. The monoisotopic (exact) mass is 560 g/mol. The van der Waals surface area contributed by atoms with Crippen LogP contribution in [0.25, 0.3) is 0 Å².